The van der Waals surface area contributed by atoms with Crippen molar-refractivity contribution in [2.24, 2.45) is 0 Å². The molecule has 0 bridgehead atoms. The van der Waals surface area contributed by atoms with E-state index in [0.29, 0.717) is 0 Å². The van der Waals surface area contributed by atoms with Crippen LogP contribution in [-0.2, 0) is 6.18 Å². The van der Waals surface area contributed by atoms with Crippen molar-refractivity contribution in [2.75, 3.05) is 0 Å². The maximum Gasteiger partial charge on any atom is 0.434 e. The number of carboxylic acid groups (broad SMARTS) is 1. The highest BCUT2D eigenvalue weighted by atomic mass is 19.4. The standard InChI is InChI=1S/C16H8F3N3O3/c17-16(18,19)13-7-22-6-8(5-20)3-11(14(22)21-13)9-1-2-10(15(24)25)12(23)4-9/h1-4,6-7,23H,(H,24,25). The van der Waals surface area contributed by atoms with E-state index in [4.69, 9.17) is 10.4 Å². The molecule has 2 N–H and O–H groups in total. The first-order valence-corrected chi connectivity index (χ1v) is 6.77. The number of aromatic carboxylic acids is 1. The van der Waals surface area contributed by atoms with E-state index in [-0.39, 0.29) is 27.9 Å². The first-order chi connectivity index (χ1) is 11.7. The SMILES string of the molecule is N#Cc1cc(-c2ccc(C(=O)O)c(O)c2)c2nc(C(F)(F)F)cn2c1. The molecule has 6 nitrogen and oxygen atoms in total. The number of phenols is 1. The van der Waals surface area contributed by atoms with E-state index in [0.717, 1.165) is 22.7 Å². The topological polar surface area (TPSA) is 98.6 Å². The number of rotatable bonds is 2. The first-order valence-electron chi connectivity index (χ1n) is 6.77. The summed E-state index contributed by atoms with van der Waals surface area (Å²) >= 11 is 0. The van der Waals surface area contributed by atoms with Crippen molar-refractivity contribution < 1.29 is 28.2 Å². The summed E-state index contributed by atoms with van der Waals surface area (Å²) in [5, 5.41) is 27.8. The van der Waals surface area contributed by atoms with Crippen LogP contribution in [0.15, 0.2) is 36.7 Å². The van der Waals surface area contributed by atoms with Crippen molar-refractivity contribution in [3.05, 3.63) is 53.5 Å². The molecule has 0 amide bonds. The molecule has 0 atom stereocenters. The molecular formula is C16H8F3N3O3. The first kappa shape index (κ1) is 16.3. The van der Waals surface area contributed by atoms with Gasteiger partial charge < -0.3 is 14.6 Å². The quantitative estimate of drug-likeness (QED) is 0.741. The van der Waals surface area contributed by atoms with Crippen LogP contribution in [0.1, 0.15) is 21.6 Å². The predicted octanol–water partition coefficient (Wildman–Crippen LogP) is 3.30. The van der Waals surface area contributed by atoms with E-state index in [1.165, 1.54) is 18.3 Å². The number of nitrogens with zero attached hydrogens (tertiary/aromatic N) is 3. The van der Waals surface area contributed by atoms with Gasteiger partial charge in [-0.25, -0.2) is 9.78 Å². The van der Waals surface area contributed by atoms with Crippen LogP contribution in [-0.4, -0.2) is 25.6 Å². The molecule has 0 fully saturated rings. The minimum Gasteiger partial charge on any atom is -0.507 e. The number of carboxylic acids is 1. The molecule has 0 aliphatic heterocycles. The van der Waals surface area contributed by atoms with Gasteiger partial charge in [-0.2, -0.15) is 18.4 Å². The Balaban J connectivity index is 2.28. The van der Waals surface area contributed by atoms with E-state index in [1.54, 1.807) is 0 Å². The highest BCUT2D eigenvalue weighted by molar-refractivity contribution is 5.92. The molecule has 0 aliphatic carbocycles. The molecule has 0 aliphatic rings. The van der Waals surface area contributed by atoms with Crippen molar-refractivity contribution in [1.82, 2.24) is 9.38 Å². The molecule has 3 aromatic rings. The fraction of sp³-hybridized carbons (Fsp3) is 0.0625. The summed E-state index contributed by atoms with van der Waals surface area (Å²) in [7, 11) is 0. The third-order valence-corrected chi connectivity index (χ3v) is 3.51. The molecule has 0 saturated carbocycles. The zero-order valence-electron chi connectivity index (χ0n) is 12.2. The molecule has 0 unspecified atom stereocenters. The Bertz CT molecular complexity index is 1050. The highest BCUT2D eigenvalue weighted by Gasteiger charge is 2.34. The highest BCUT2D eigenvalue weighted by Crippen LogP contribution is 2.33. The van der Waals surface area contributed by atoms with E-state index in [2.05, 4.69) is 4.98 Å². The van der Waals surface area contributed by atoms with Crippen molar-refractivity contribution in [1.29, 1.82) is 5.26 Å². The Morgan fingerprint density at radius 3 is 2.52 bits per heavy atom. The molecule has 2 aromatic heterocycles. The summed E-state index contributed by atoms with van der Waals surface area (Å²) in [5.74, 6) is -1.90. The lowest BCUT2D eigenvalue weighted by atomic mass is 10.0. The predicted molar refractivity (Wildman–Crippen MR) is 79.0 cm³/mol. The molecular weight excluding hydrogens is 339 g/mol. The monoisotopic (exact) mass is 347 g/mol. The Labute approximate surface area is 138 Å². The molecule has 0 spiro atoms. The zero-order valence-corrected chi connectivity index (χ0v) is 12.2. The average molecular weight is 347 g/mol. The van der Waals surface area contributed by atoms with Gasteiger partial charge in [-0.15, -0.1) is 0 Å². The summed E-state index contributed by atoms with van der Waals surface area (Å²) in [6, 6.07) is 6.69. The molecule has 126 valence electrons. The maximum atomic E-state index is 12.9. The van der Waals surface area contributed by atoms with Gasteiger partial charge in [0, 0.05) is 18.0 Å². The fourth-order valence-electron chi connectivity index (χ4n) is 2.39. The fourth-order valence-corrected chi connectivity index (χ4v) is 2.39. The van der Waals surface area contributed by atoms with Crippen LogP contribution in [0.25, 0.3) is 16.8 Å². The van der Waals surface area contributed by atoms with Crippen molar-refractivity contribution in [3.8, 4) is 22.9 Å². The third-order valence-electron chi connectivity index (χ3n) is 3.51. The normalized spacial score (nSPS) is 11.4. The number of pyridine rings is 1. The Morgan fingerprint density at radius 1 is 1.24 bits per heavy atom. The summed E-state index contributed by atoms with van der Waals surface area (Å²) in [6.07, 6.45) is -2.71. The van der Waals surface area contributed by atoms with Gasteiger partial charge in [-0.05, 0) is 23.8 Å². The van der Waals surface area contributed by atoms with E-state index < -0.39 is 23.6 Å². The third kappa shape index (κ3) is 2.85. The number of hydrogen-bond donors (Lipinski definition) is 2. The van der Waals surface area contributed by atoms with Gasteiger partial charge in [0.05, 0.1) is 5.56 Å². The van der Waals surface area contributed by atoms with Crippen LogP contribution >= 0.6 is 0 Å². The number of alkyl halides is 3. The second kappa shape index (κ2) is 5.52. The summed E-state index contributed by atoms with van der Waals surface area (Å²) in [5.41, 5.74) is -1.10. The number of fused-ring (bicyclic) bond motifs is 1. The van der Waals surface area contributed by atoms with Crippen LogP contribution in [0.3, 0.4) is 0 Å². The summed E-state index contributed by atoms with van der Waals surface area (Å²) in [4.78, 5) is 14.5. The van der Waals surface area contributed by atoms with Crippen molar-refractivity contribution in [2.45, 2.75) is 6.18 Å². The molecule has 1 aromatic carbocycles. The minimum absolute atomic E-state index is 0.0752. The summed E-state index contributed by atoms with van der Waals surface area (Å²) < 4.78 is 39.8. The lowest BCUT2D eigenvalue weighted by Crippen LogP contribution is -2.04. The second-order valence-electron chi connectivity index (χ2n) is 5.15. The lowest BCUT2D eigenvalue weighted by Gasteiger charge is -2.07. The van der Waals surface area contributed by atoms with Gasteiger partial charge >= 0.3 is 12.1 Å². The van der Waals surface area contributed by atoms with Gasteiger partial charge in [0.1, 0.15) is 23.0 Å². The van der Waals surface area contributed by atoms with Gasteiger partial charge in [0.15, 0.2) is 5.69 Å². The van der Waals surface area contributed by atoms with Crippen LogP contribution in [0, 0.1) is 11.3 Å². The average Bonchev–Trinajstić information content (AvgIpc) is 2.97. The van der Waals surface area contributed by atoms with Crippen LogP contribution in [0.4, 0.5) is 13.2 Å². The number of aromatic hydroxyl groups is 1. The van der Waals surface area contributed by atoms with Crippen molar-refractivity contribution in [3.63, 3.8) is 0 Å². The lowest BCUT2D eigenvalue weighted by molar-refractivity contribution is -0.140. The number of imidazole rings is 1. The molecule has 3 rings (SSSR count). The molecule has 2 heterocycles. The largest absolute Gasteiger partial charge is 0.507 e. The minimum atomic E-state index is -4.66. The smallest absolute Gasteiger partial charge is 0.434 e. The number of carbonyl (C=O) groups is 1. The van der Waals surface area contributed by atoms with Gasteiger partial charge in [-0.3, -0.25) is 0 Å². The maximum absolute atomic E-state index is 12.9. The molecule has 25 heavy (non-hydrogen) atoms. The number of aromatic nitrogens is 2. The van der Waals surface area contributed by atoms with Crippen LogP contribution < -0.4 is 0 Å². The Hall–Kier alpha value is -3.54. The Kier molecular flexibility index (Phi) is 3.60. The zero-order chi connectivity index (χ0) is 18.4. The summed E-state index contributed by atoms with van der Waals surface area (Å²) in [6.45, 7) is 0. The Morgan fingerprint density at radius 2 is 1.96 bits per heavy atom. The van der Waals surface area contributed by atoms with E-state index in [9.17, 15) is 23.1 Å². The van der Waals surface area contributed by atoms with Crippen LogP contribution in [0.2, 0.25) is 0 Å². The number of hydrogen-bond acceptors (Lipinski definition) is 4. The number of nitriles is 1. The molecule has 0 radical (unpaired) electrons. The van der Waals surface area contributed by atoms with Gasteiger partial charge in [0.25, 0.3) is 0 Å². The van der Waals surface area contributed by atoms with Crippen LogP contribution in [0.5, 0.6) is 5.75 Å². The second-order valence-corrected chi connectivity index (χ2v) is 5.15. The number of halogens is 3. The molecule has 0 saturated heterocycles. The van der Waals surface area contributed by atoms with E-state index in [1.807, 2.05) is 6.07 Å². The van der Waals surface area contributed by atoms with E-state index >= 15 is 0 Å². The van der Waals surface area contributed by atoms with Gasteiger partial charge in [-0.1, -0.05) is 6.07 Å². The van der Waals surface area contributed by atoms with Crippen molar-refractivity contribution >= 4 is 11.6 Å². The number of benzene rings is 1. The molecule has 9 heteroatoms. The van der Waals surface area contributed by atoms with Gasteiger partial charge in [0.2, 0.25) is 0 Å².